The van der Waals surface area contributed by atoms with E-state index in [0.29, 0.717) is 22.3 Å². The molecule has 0 saturated heterocycles. The lowest BCUT2D eigenvalue weighted by atomic mass is 10.1. The number of halogens is 2. The molecule has 0 N–H and O–H groups in total. The zero-order valence-electron chi connectivity index (χ0n) is 16.7. The largest absolute Gasteiger partial charge is 0.482 e. The fourth-order valence-electron chi connectivity index (χ4n) is 2.96. The van der Waals surface area contributed by atoms with Gasteiger partial charge in [-0.25, -0.2) is 0 Å². The molecule has 152 valence electrons. The highest BCUT2D eigenvalue weighted by Gasteiger charge is 2.19. The molecule has 4 nitrogen and oxygen atoms in total. The van der Waals surface area contributed by atoms with Gasteiger partial charge < -0.3 is 4.74 Å². The number of aromatic nitrogens is 3. The third-order valence-corrected chi connectivity index (χ3v) is 6.18. The van der Waals surface area contributed by atoms with Crippen LogP contribution in [-0.4, -0.2) is 14.8 Å². The molecule has 0 bridgehead atoms. The Morgan fingerprint density at radius 1 is 1.14 bits per heavy atom. The predicted octanol–water partition coefficient (Wildman–Crippen LogP) is 6.82. The summed E-state index contributed by atoms with van der Waals surface area (Å²) < 4.78 is 8.21. The van der Waals surface area contributed by atoms with Crippen LogP contribution in [0.5, 0.6) is 5.75 Å². The minimum Gasteiger partial charge on any atom is -0.482 e. The first-order chi connectivity index (χ1) is 13.9. The van der Waals surface area contributed by atoms with Crippen LogP contribution < -0.4 is 4.74 Å². The number of allylic oxidation sites excluding steroid dienone is 1. The Morgan fingerprint density at radius 3 is 2.62 bits per heavy atom. The second-order valence-electron chi connectivity index (χ2n) is 6.81. The third-order valence-electron chi connectivity index (χ3n) is 4.41. The van der Waals surface area contributed by atoms with Gasteiger partial charge in [0.05, 0.1) is 10.0 Å². The van der Waals surface area contributed by atoms with E-state index in [1.54, 1.807) is 17.8 Å². The van der Waals surface area contributed by atoms with Crippen LogP contribution in [0.25, 0.3) is 0 Å². The van der Waals surface area contributed by atoms with E-state index in [1.165, 1.54) is 5.56 Å². The molecule has 0 spiro atoms. The summed E-state index contributed by atoms with van der Waals surface area (Å²) in [6.07, 6.45) is 1.59. The zero-order valence-corrected chi connectivity index (χ0v) is 19.0. The van der Waals surface area contributed by atoms with E-state index in [9.17, 15) is 0 Å². The molecule has 0 aliphatic carbocycles. The Labute approximate surface area is 185 Å². The van der Waals surface area contributed by atoms with E-state index in [4.69, 9.17) is 27.9 Å². The third kappa shape index (κ3) is 5.35. The Balaban J connectivity index is 1.78. The Hall–Kier alpha value is -1.95. The van der Waals surface area contributed by atoms with Crippen LogP contribution in [0, 0.1) is 13.8 Å². The summed E-state index contributed by atoms with van der Waals surface area (Å²) in [4.78, 5) is 0. The summed E-state index contributed by atoms with van der Waals surface area (Å²) in [6, 6.07) is 11.8. The molecular formula is C22H23Cl2N3OS. The Bertz CT molecular complexity index is 1020. The van der Waals surface area contributed by atoms with Crippen molar-refractivity contribution < 1.29 is 4.74 Å². The van der Waals surface area contributed by atoms with Crippen molar-refractivity contribution in [3.63, 3.8) is 0 Å². The average molecular weight is 448 g/mol. The summed E-state index contributed by atoms with van der Waals surface area (Å²) in [7, 11) is 0. The van der Waals surface area contributed by atoms with Crippen molar-refractivity contribution in [1.82, 2.24) is 14.8 Å². The maximum absolute atomic E-state index is 6.18. The lowest BCUT2D eigenvalue weighted by Crippen LogP contribution is -2.12. The van der Waals surface area contributed by atoms with Gasteiger partial charge in [-0.2, -0.15) is 0 Å². The molecule has 29 heavy (non-hydrogen) atoms. The van der Waals surface area contributed by atoms with Crippen LogP contribution in [-0.2, 0) is 12.3 Å². The molecule has 3 aromatic rings. The number of hydrogen-bond acceptors (Lipinski definition) is 4. The summed E-state index contributed by atoms with van der Waals surface area (Å²) in [5.41, 5.74) is 3.37. The molecule has 1 unspecified atom stereocenters. The zero-order chi connectivity index (χ0) is 21.0. The fourth-order valence-corrected chi connectivity index (χ4v) is 4.18. The van der Waals surface area contributed by atoms with Crippen LogP contribution in [0.1, 0.15) is 35.5 Å². The Kier molecular flexibility index (Phi) is 7.28. The molecule has 0 amide bonds. The van der Waals surface area contributed by atoms with E-state index in [1.807, 2.05) is 48.8 Å². The van der Waals surface area contributed by atoms with Gasteiger partial charge in [-0.3, -0.25) is 4.57 Å². The van der Waals surface area contributed by atoms with Gasteiger partial charge in [0.25, 0.3) is 0 Å². The lowest BCUT2D eigenvalue weighted by molar-refractivity contribution is 0.209. The van der Waals surface area contributed by atoms with Crippen molar-refractivity contribution in [3.8, 4) is 5.75 Å². The number of thioether (sulfide) groups is 1. The van der Waals surface area contributed by atoms with Gasteiger partial charge in [-0.05, 0) is 50.1 Å². The van der Waals surface area contributed by atoms with Crippen LogP contribution >= 0.6 is 35.0 Å². The maximum Gasteiger partial charge on any atom is 0.191 e. The molecule has 3 rings (SSSR count). The highest BCUT2D eigenvalue weighted by atomic mass is 35.5. The second-order valence-corrected chi connectivity index (χ2v) is 8.56. The van der Waals surface area contributed by atoms with Crippen LogP contribution in [0.3, 0.4) is 0 Å². The minimum absolute atomic E-state index is 0.247. The average Bonchev–Trinajstić information content (AvgIpc) is 3.08. The molecule has 0 fully saturated rings. The molecular weight excluding hydrogens is 425 g/mol. The number of nitrogens with zero attached hydrogens (tertiary/aromatic N) is 3. The van der Waals surface area contributed by atoms with Gasteiger partial charge in [-0.15, -0.1) is 16.8 Å². The summed E-state index contributed by atoms with van der Waals surface area (Å²) >= 11 is 13.7. The van der Waals surface area contributed by atoms with Crippen molar-refractivity contribution in [3.05, 3.63) is 81.6 Å². The van der Waals surface area contributed by atoms with Crippen LogP contribution in [0.15, 0.2) is 54.2 Å². The quantitative estimate of drug-likeness (QED) is 0.280. The number of ether oxygens (including phenoxy) is 1. The van der Waals surface area contributed by atoms with Crippen LogP contribution in [0.4, 0.5) is 0 Å². The lowest BCUT2D eigenvalue weighted by Gasteiger charge is -2.17. The Morgan fingerprint density at radius 2 is 1.93 bits per heavy atom. The van der Waals surface area contributed by atoms with Gasteiger partial charge in [0.2, 0.25) is 0 Å². The molecule has 0 saturated carbocycles. The summed E-state index contributed by atoms with van der Waals surface area (Å²) in [6.45, 7) is 10.6. The van der Waals surface area contributed by atoms with Crippen molar-refractivity contribution >= 4 is 35.0 Å². The van der Waals surface area contributed by atoms with Crippen molar-refractivity contribution in [2.75, 3.05) is 0 Å². The van der Waals surface area contributed by atoms with Gasteiger partial charge in [0.15, 0.2) is 17.1 Å². The van der Waals surface area contributed by atoms with E-state index >= 15 is 0 Å². The first-order valence-corrected chi connectivity index (χ1v) is 11.0. The first kappa shape index (κ1) is 21.8. The number of aryl methyl sites for hydroxylation is 2. The van der Waals surface area contributed by atoms with Crippen molar-refractivity contribution in [2.24, 2.45) is 0 Å². The molecule has 1 atom stereocenters. The standard InChI is InChI=1S/C22H23Cl2N3OS/c1-5-10-27-21(16(4)28-20-9-6-14(2)11-15(20)3)25-26-22(27)29-13-17-7-8-18(23)19(24)12-17/h5-9,11-12,16H,1,10,13H2,2-4H3. The SMILES string of the molecule is C=CCn1c(SCc2ccc(Cl)c(Cl)c2)nnc1C(C)Oc1ccc(C)cc1C. The van der Waals surface area contributed by atoms with Crippen molar-refractivity contribution in [2.45, 2.75) is 44.3 Å². The highest BCUT2D eigenvalue weighted by molar-refractivity contribution is 7.98. The number of benzene rings is 2. The monoisotopic (exact) mass is 447 g/mol. The summed E-state index contributed by atoms with van der Waals surface area (Å²) in [5.74, 6) is 2.32. The molecule has 0 aliphatic heterocycles. The maximum atomic E-state index is 6.18. The number of hydrogen-bond donors (Lipinski definition) is 0. The highest BCUT2D eigenvalue weighted by Crippen LogP contribution is 2.30. The van der Waals surface area contributed by atoms with E-state index in [-0.39, 0.29) is 6.10 Å². The minimum atomic E-state index is -0.247. The van der Waals surface area contributed by atoms with E-state index in [0.717, 1.165) is 27.9 Å². The molecule has 0 aliphatic rings. The molecule has 2 aromatic carbocycles. The van der Waals surface area contributed by atoms with E-state index in [2.05, 4.69) is 29.8 Å². The van der Waals surface area contributed by atoms with E-state index < -0.39 is 0 Å². The predicted molar refractivity (Wildman–Crippen MR) is 121 cm³/mol. The normalized spacial score (nSPS) is 12.0. The molecule has 0 radical (unpaired) electrons. The molecule has 1 heterocycles. The second kappa shape index (κ2) is 9.70. The smallest absolute Gasteiger partial charge is 0.191 e. The van der Waals surface area contributed by atoms with Gasteiger partial charge in [0.1, 0.15) is 5.75 Å². The van der Waals surface area contributed by atoms with Gasteiger partial charge >= 0.3 is 0 Å². The topological polar surface area (TPSA) is 39.9 Å². The van der Waals surface area contributed by atoms with Gasteiger partial charge in [-0.1, -0.05) is 64.8 Å². The van der Waals surface area contributed by atoms with Crippen molar-refractivity contribution in [1.29, 1.82) is 0 Å². The van der Waals surface area contributed by atoms with Crippen LogP contribution in [0.2, 0.25) is 10.0 Å². The number of rotatable bonds is 8. The van der Waals surface area contributed by atoms with Gasteiger partial charge in [0, 0.05) is 12.3 Å². The molecule has 7 heteroatoms. The first-order valence-electron chi connectivity index (χ1n) is 9.23. The molecule has 1 aromatic heterocycles. The summed E-state index contributed by atoms with van der Waals surface area (Å²) in [5, 5.41) is 10.7. The fraction of sp³-hybridized carbons (Fsp3) is 0.273.